The molecule has 0 aromatic carbocycles. The van der Waals surface area contributed by atoms with E-state index in [4.69, 9.17) is 0 Å². The molecule has 0 radical (unpaired) electrons. The van der Waals surface area contributed by atoms with E-state index in [1.807, 2.05) is 18.7 Å². The topological polar surface area (TPSA) is 20.2 Å². The second-order valence-corrected chi connectivity index (χ2v) is 3.06. The van der Waals surface area contributed by atoms with Crippen molar-refractivity contribution in [3.05, 3.63) is 0 Å². The zero-order valence-corrected chi connectivity index (χ0v) is 5.29. The lowest BCUT2D eigenvalue weighted by molar-refractivity contribution is 0.0748. The van der Waals surface area contributed by atoms with Gasteiger partial charge in [-0.15, -0.1) is 0 Å². The van der Waals surface area contributed by atoms with Crippen molar-refractivity contribution in [1.82, 2.24) is 0 Å². The van der Waals surface area contributed by atoms with Gasteiger partial charge in [-0.2, -0.15) is 11.8 Å². The van der Waals surface area contributed by atoms with E-state index in [9.17, 15) is 5.11 Å². The Balaban J connectivity index is 2.29. The van der Waals surface area contributed by atoms with Crippen molar-refractivity contribution in [2.75, 3.05) is 11.5 Å². The standard InChI is InChI=1S/C5H10OS/c1-2-5(6)3-7-4-5/h6H,2-4H2,1H3. The molecule has 1 aliphatic rings. The molecule has 0 unspecified atom stereocenters. The largest absolute Gasteiger partial charge is 0.388 e. The van der Waals surface area contributed by atoms with Gasteiger partial charge < -0.3 is 5.11 Å². The van der Waals surface area contributed by atoms with Gasteiger partial charge in [0, 0.05) is 11.5 Å². The zero-order chi connectivity index (χ0) is 5.33. The van der Waals surface area contributed by atoms with E-state index in [-0.39, 0.29) is 5.60 Å². The molecule has 2 heteroatoms. The first kappa shape index (κ1) is 5.45. The van der Waals surface area contributed by atoms with Gasteiger partial charge in [0.25, 0.3) is 0 Å². The highest BCUT2D eigenvalue weighted by molar-refractivity contribution is 8.00. The number of rotatable bonds is 1. The maximum Gasteiger partial charge on any atom is 0.0825 e. The van der Waals surface area contributed by atoms with E-state index in [0.29, 0.717) is 0 Å². The van der Waals surface area contributed by atoms with Gasteiger partial charge in [0.15, 0.2) is 0 Å². The molecule has 1 rings (SSSR count). The van der Waals surface area contributed by atoms with Crippen LogP contribution in [0.15, 0.2) is 0 Å². The zero-order valence-electron chi connectivity index (χ0n) is 4.48. The fraction of sp³-hybridized carbons (Fsp3) is 1.00. The van der Waals surface area contributed by atoms with Crippen LogP contribution < -0.4 is 0 Å². The highest BCUT2D eigenvalue weighted by Crippen LogP contribution is 2.31. The average Bonchev–Trinajstić information content (AvgIpc) is 1.61. The summed E-state index contributed by atoms with van der Waals surface area (Å²) in [5.41, 5.74) is -0.273. The van der Waals surface area contributed by atoms with Crippen molar-refractivity contribution in [3.8, 4) is 0 Å². The van der Waals surface area contributed by atoms with Gasteiger partial charge in [0.05, 0.1) is 5.60 Å². The lowest BCUT2D eigenvalue weighted by atomic mass is 10.1. The molecule has 1 N–H and O–H groups in total. The first-order valence-corrected chi connectivity index (χ1v) is 3.72. The third-order valence-electron chi connectivity index (χ3n) is 1.40. The number of hydrogen-bond donors (Lipinski definition) is 1. The molecule has 1 aliphatic heterocycles. The van der Waals surface area contributed by atoms with Gasteiger partial charge in [-0.25, -0.2) is 0 Å². The summed E-state index contributed by atoms with van der Waals surface area (Å²) in [4.78, 5) is 0. The summed E-state index contributed by atoms with van der Waals surface area (Å²) in [5, 5.41) is 9.20. The van der Waals surface area contributed by atoms with Crippen LogP contribution in [0.5, 0.6) is 0 Å². The molecule has 0 aromatic rings. The van der Waals surface area contributed by atoms with Crippen LogP contribution in [0.1, 0.15) is 13.3 Å². The molecule has 42 valence electrons. The minimum absolute atomic E-state index is 0.273. The van der Waals surface area contributed by atoms with Crippen molar-refractivity contribution in [1.29, 1.82) is 0 Å². The Labute approximate surface area is 48.1 Å². The monoisotopic (exact) mass is 118 g/mol. The molecule has 1 nitrogen and oxygen atoms in total. The lowest BCUT2D eigenvalue weighted by Crippen LogP contribution is -2.42. The van der Waals surface area contributed by atoms with Crippen LogP contribution in [0.2, 0.25) is 0 Å². The second kappa shape index (κ2) is 1.67. The highest BCUT2D eigenvalue weighted by Gasteiger charge is 2.32. The van der Waals surface area contributed by atoms with E-state index in [0.717, 1.165) is 17.9 Å². The summed E-state index contributed by atoms with van der Waals surface area (Å²) in [5.74, 6) is 1.90. The minimum Gasteiger partial charge on any atom is -0.388 e. The van der Waals surface area contributed by atoms with Gasteiger partial charge in [0.2, 0.25) is 0 Å². The molecular weight excluding hydrogens is 108 g/mol. The van der Waals surface area contributed by atoms with Gasteiger partial charge in [-0.05, 0) is 6.42 Å². The third-order valence-corrected chi connectivity index (χ3v) is 2.88. The molecule has 1 saturated heterocycles. The Bertz CT molecular complexity index is 63.0. The fourth-order valence-corrected chi connectivity index (χ4v) is 1.63. The van der Waals surface area contributed by atoms with Crippen molar-refractivity contribution in [2.45, 2.75) is 18.9 Å². The van der Waals surface area contributed by atoms with Gasteiger partial charge in [-0.1, -0.05) is 6.92 Å². The molecule has 0 spiro atoms. The first-order chi connectivity index (χ1) is 3.27. The summed E-state index contributed by atoms with van der Waals surface area (Å²) in [6, 6.07) is 0. The Hall–Kier alpha value is 0.310. The molecule has 0 aliphatic carbocycles. The lowest BCUT2D eigenvalue weighted by Gasteiger charge is -2.34. The SMILES string of the molecule is CCC1(O)CSC1. The van der Waals surface area contributed by atoms with Crippen LogP contribution >= 0.6 is 11.8 Å². The molecule has 1 fully saturated rings. The summed E-state index contributed by atoms with van der Waals surface area (Å²) >= 11 is 1.82. The molecular formula is C5H10OS. The average molecular weight is 118 g/mol. The predicted molar refractivity (Wildman–Crippen MR) is 32.6 cm³/mol. The van der Waals surface area contributed by atoms with Crippen molar-refractivity contribution < 1.29 is 5.11 Å². The van der Waals surface area contributed by atoms with E-state index in [1.165, 1.54) is 0 Å². The summed E-state index contributed by atoms with van der Waals surface area (Å²) < 4.78 is 0. The normalized spacial score (nSPS) is 26.6. The van der Waals surface area contributed by atoms with E-state index < -0.39 is 0 Å². The number of hydrogen-bond acceptors (Lipinski definition) is 2. The van der Waals surface area contributed by atoms with Crippen LogP contribution in [0.25, 0.3) is 0 Å². The molecule has 0 bridgehead atoms. The Morgan fingerprint density at radius 2 is 2.29 bits per heavy atom. The quantitative estimate of drug-likeness (QED) is 0.551. The fourth-order valence-electron chi connectivity index (χ4n) is 0.542. The van der Waals surface area contributed by atoms with E-state index >= 15 is 0 Å². The summed E-state index contributed by atoms with van der Waals surface area (Å²) in [7, 11) is 0. The maximum atomic E-state index is 9.20. The summed E-state index contributed by atoms with van der Waals surface area (Å²) in [6.07, 6.45) is 0.917. The molecule has 0 atom stereocenters. The van der Waals surface area contributed by atoms with Gasteiger partial charge in [-0.3, -0.25) is 0 Å². The highest BCUT2D eigenvalue weighted by atomic mass is 32.2. The van der Waals surface area contributed by atoms with E-state index in [2.05, 4.69) is 0 Å². The van der Waals surface area contributed by atoms with Crippen molar-refractivity contribution in [2.24, 2.45) is 0 Å². The Morgan fingerprint density at radius 3 is 2.29 bits per heavy atom. The molecule has 0 aromatic heterocycles. The maximum absolute atomic E-state index is 9.20. The van der Waals surface area contributed by atoms with Crippen LogP contribution in [0, 0.1) is 0 Å². The number of aliphatic hydroxyl groups is 1. The molecule has 7 heavy (non-hydrogen) atoms. The minimum atomic E-state index is -0.273. The smallest absolute Gasteiger partial charge is 0.0825 e. The van der Waals surface area contributed by atoms with Crippen LogP contribution in [-0.4, -0.2) is 22.2 Å². The Morgan fingerprint density at radius 1 is 1.71 bits per heavy atom. The van der Waals surface area contributed by atoms with E-state index in [1.54, 1.807) is 0 Å². The van der Waals surface area contributed by atoms with Crippen molar-refractivity contribution >= 4 is 11.8 Å². The molecule has 1 heterocycles. The first-order valence-electron chi connectivity index (χ1n) is 2.57. The second-order valence-electron chi connectivity index (χ2n) is 2.07. The van der Waals surface area contributed by atoms with Crippen molar-refractivity contribution in [3.63, 3.8) is 0 Å². The Kier molecular flexibility index (Phi) is 1.30. The number of thioether (sulfide) groups is 1. The molecule has 0 amide bonds. The third kappa shape index (κ3) is 0.916. The van der Waals surface area contributed by atoms with Gasteiger partial charge >= 0.3 is 0 Å². The predicted octanol–water partition coefficient (Wildman–Crippen LogP) is 0.874. The molecule has 0 saturated carbocycles. The van der Waals surface area contributed by atoms with Gasteiger partial charge in [0.1, 0.15) is 0 Å². The van der Waals surface area contributed by atoms with Crippen LogP contribution in [0.3, 0.4) is 0 Å². The summed E-state index contributed by atoms with van der Waals surface area (Å²) in [6.45, 7) is 2.03. The van der Waals surface area contributed by atoms with Crippen LogP contribution in [-0.2, 0) is 0 Å². The van der Waals surface area contributed by atoms with Crippen LogP contribution in [0.4, 0.5) is 0 Å².